The fourth-order valence-corrected chi connectivity index (χ4v) is 2.28. The van der Waals surface area contributed by atoms with E-state index in [1.54, 1.807) is 7.11 Å². The van der Waals surface area contributed by atoms with Crippen LogP contribution in [0.5, 0.6) is 5.75 Å². The van der Waals surface area contributed by atoms with Crippen LogP contribution in [0, 0.1) is 5.92 Å². The molecule has 0 aliphatic carbocycles. The monoisotopic (exact) mass is 266 g/mol. The summed E-state index contributed by atoms with van der Waals surface area (Å²) >= 11 is 6.22. The Labute approximate surface area is 113 Å². The van der Waals surface area contributed by atoms with Crippen molar-refractivity contribution in [2.45, 2.75) is 32.7 Å². The van der Waals surface area contributed by atoms with E-state index in [2.05, 4.69) is 23.4 Å². The molecule has 0 aliphatic rings. The van der Waals surface area contributed by atoms with E-state index in [9.17, 15) is 0 Å². The lowest BCUT2D eigenvalue weighted by atomic mass is 10.2. The van der Waals surface area contributed by atoms with Gasteiger partial charge in [0.05, 0.1) is 23.5 Å². The second-order valence-corrected chi connectivity index (χ2v) is 5.60. The van der Waals surface area contributed by atoms with Crippen molar-refractivity contribution in [3.8, 4) is 5.75 Å². The SMILES string of the molecule is COc1ccc2nc(C(C)Cl)n(CC(C)C)c2c1. The number of imidazole rings is 1. The number of hydrogen-bond donors (Lipinski definition) is 0. The molecule has 4 heteroatoms. The molecule has 18 heavy (non-hydrogen) atoms. The Hall–Kier alpha value is -1.22. The molecule has 0 saturated heterocycles. The molecular weight excluding hydrogens is 248 g/mol. The fourth-order valence-electron chi connectivity index (χ4n) is 2.11. The summed E-state index contributed by atoms with van der Waals surface area (Å²) in [4.78, 5) is 4.62. The van der Waals surface area contributed by atoms with Gasteiger partial charge in [0.2, 0.25) is 0 Å². The summed E-state index contributed by atoms with van der Waals surface area (Å²) in [7, 11) is 1.68. The molecule has 0 saturated carbocycles. The largest absolute Gasteiger partial charge is 0.497 e. The van der Waals surface area contributed by atoms with Crippen LogP contribution in [0.25, 0.3) is 11.0 Å². The summed E-state index contributed by atoms with van der Waals surface area (Å²) < 4.78 is 7.47. The van der Waals surface area contributed by atoms with Crippen molar-refractivity contribution in [2.24, 2.45) is 5.92 Å². The van der Waals surface area contributed by atoms with Gasteiger partial charge in [0, 0.05) is 12.6 Å². The van der Waals surface area contributed by atoms with Crippen LogP contribution < -0.4 is 4.74 Å². The van der Waals surface area contributed by atoms with Gasteiger partial charge in [0.25, 0.3) is 0 Å². The summed E-state index contributed by atoms with van der Waals surface area (Å²) in [6, 6.07) is 5.93. The van der Waals surface area contributed by atoms with Crippen molar-refractivity contribution < 1.29 is 4.74 Å². The lowest BCUT2D eigenvalue weighted by molar-refractivity contribution is 0.415. The van der Waals surface area contributed by atoms with Gasteiger partial charge >= 0.3 is 0 Å². The Morgan fingerprint density at radius 3 is 2.61 bits per heavy atom. The zero-order valence-corrected chi connectivity index (χ0v) is 12.0. The minimum absolute atomic E-state index is 0.0952. The third-order valence-electron chi connectivity index (χ3n) is 2.89. The van der Waals surface area contributed by atoms with E-state index in [0.29, 0.717) is 5.92 Å². The number of halogens is 1. The number of rotatable bonds is 4. The van der Waals surface area contributed by atoms with Crippen molar-refractivity contribution >= 4 is 22.6 Å². The van der Waals surface area contributed by atoms with Gasteiger partial charge in [-0.2, -0.15) is 0 Å². The van der Waals surface area contributed by atoms with Crippen LogP contribution in [0.2, 0.25) is 0 Å². The van der Waals surface area contributed by atoms with E-state index >= 15 is 0 Å². The van der Waals surface area contributed by atoms with E-state index in [1.807, 2.05) is 25.1 Å². The van der Waals surface area contributed by atoms with Crippen molar-refractivity contribution in [1.82, 2.24) is 9.55 Å². The van der Waals surface area contributed by atoms with Gasteiger partial charge in [0.15, 0.2) is 0 Å². The number of ether oxygens (including phenoxy) is 1. The molecule has 2 aromatic rings. The maximum atomic E-state index is 6.22. The number of hydrogen-bond acceptors (Lipinski definition) is 2. The first kappa shape index (κ1) is 13.2. The molecule has 0 fully saturated rings. The van der Waals surface area contributed by atoms with Crippen LogP contribution >= 0.6 is 11.6 Å². The number of alkyl halides is 1. The van der Waals surface area contributed by atoms with Gasteiger partial charge in [-0.3, -0.25) is 0 Å². The quantitative estimate of drug-likeness (QED) is 0.782. The number of nitrogens with zero attached hydrogens (tertiary/aromatic N) is 2. The zero-order valence-electron chi connectivity index (χ0n) is 11.3. The number of fused-ring (bicyclic) bond motifs is 1. The molecule has 98 valence electrons. The first-order valence-corrected chi connectivity index (χ1v) is 6.64. The first-order chi connectivity index (χ1) is 8.52. The van der Waals surface area contributed by atoms with Gasteiger partial charge in [-0.15, -0.1) is 11.6 Å². The average molecular weight is 267 g/mol. The zero-order chi connectivity index (χ0) is 13.3. The van der Waals surface area contributed by atoms with Gasteiger partial charge in [0.1, 0.15) is 11.6 Å². The molecule has 1 atom stereocenters. The van der Waals surface area contributed by atoms with E-state index in [-0.39, 0.29) is 5.38 Å². The average Bonchev–Trinajstić information content (AvgIpc) is 2.67. The minimum Gasteiger partial charge on any atom is -0.497 e. The standard InChI is InChI=1S/C14H19ClN2O/c1-9(2)8-17-13-7-11(18-4)5-6-12(13)16-14(17)10(3)15/h5-7,9-10H,8H2,1-4H3. The smallest absolute Gasteiger partial charge is 0.127 e. The highest BCUT2D eigenvalue weighted by atomic mass is 35.5. The van der Waals surface area contributed by atoms with Crippen molar-refractivity contribution in [3.63, 3.8) is 0 Å². The van der Waals surface area contributed by atoms with Crippen molar-refractivity contribution in [2.75, 3.05) is 7.11 Å². The molecule has 1 aromatic carbocycles. The van der Waals surface area contributed by atoms with E-state index < -0.39 is 0 Å². The third kappa shape index (κ3) is 2.46. The van der Waals surface area contributed by atoms with Gasteiger partial charge in [-0.05, 0) is 25.0 Å². The molecular formula is C14H19ClN2O. The molecule has 0 spiro atoms. The van der Waals surface area contributed by atoms with Crippen LogP contribution in [-0.4, -0.2) is 16.7 Å². The van der Waals surface area contributed by atoms with Gasteiger partial charge in [-0.25, -0.2) is 4.98 Å². The molecule has 0 radical (unpaired) electrons. The summed E-state index contributed by atoms with van der Waals surface area (Å²) in [6.45, 7) is 7.25. The highest BCUT2D eigenvalue weighted by molar-refractivity contribution is 6.20. The van der Waals surface area contributed by atoms with Gasteiger partial charge in [-0.1, -0.05) is 13.8 Å². The molecule has 0 N–H and O–H groups in total. The molecule has 0 amide bonds. The Balaban J connectivity index is 2.62. The van der Waals surface area contributed by atoms with Crippen LogP contribution in [0.1, 0.15) is 32.0 Å². The Morgan fingerprint density at radius 1 is 1.33 bits per heavy atom. The van der Waals surface area contributed by atoms with Crippen LogP contribution in [-0.2, 0) is 6.54 Å². The number of methoxy groups -OCH3 is 1. The minimum atomic E-state index is -0.0952. The molecule has 1 heterocycles. The summed E-state index contributed by atoms with van der Waals surface area (Å²) in [6.07, 6.45) is 0. The maximum absolute atomic E-state index is 6.22. The second-order valence-electron chi connectivity index (χ2n) is 4.95. The van der Waals surface area contributed by atoms with E-state index in [4.69, 9.17) is 16.3 Å². The lowest BCUT2D eigenvalue weighted by Gasteiger charge is -2.13. The number of benzene rings is 1. The molecule has 0 bridgehead atoms. The van der Waals surface area contributed by atoms with Crippen LogP contribution in [0.15, 0.2) is 18.2 Å². The second kappa shape index (κ2) is 5.19. The maximum Gasteiger partial charge on any atom is 0.127 e. The predicted octanol–water partition coefficient (Wildman–Crippen LogP) is 4.00. The Morgan fingerprint density at radius 2 is 2.06 bits per heavy atom. The van der Waals surface area contributed by atoms with Crippen molar-refractivity contribution in [3.05, 3.63) is 24.0 Å². The molecule has 1 aromatic heterocycles. The molecule has 0 aliphatic heterocycles. The summed E-state index contributed by atoms with van der Waals surface area (Å²) in [5, 5.41) is -0.0952. The fraction of sp³-hybridized carbons (Fsp3) is 0.500. The highest BCUT2D eigenvalue weighted by Gasteiger charge is 2.16. The molecule has 1 unspecified atom stereocenters. The van der Waals surface area contributed by atoms with E-state index in [1.165, 1.54) is 0 Å². The normalized spacial score (nSPS) is 13.2. The third-order valence-corrected chi connectivity index (χ3v) is 3.08. The lowest BCUT2D eigenvalue weighted by Crippen LogP contribution is -2.09. The Kier molecular flexibility index (Phi) is 3.81. The van der Waals surface area contributed by atoms with Crippen LogP contribution in [0.4, 0.5) is 0 Å². The summed E-state index contributed by atoms with van der Waals surface area (Å²) in [5.41, 5.74) is 2.06. The van der Waals surface area contributed by atoms with Crippen LogP contribution in [0.3, 0.4) is 0 Å². The predicted molar refractivity (Wildman–Crippen MR) is 75.4 cm³/mol. The topological polar surface area (TPSA) is 27.1 Å². The Bertz CT molecular complexity index is 546. The molecule has 3 nitrogen and oxygen atoms in total. The van der Waals surface area contributed by atoms with E-state index in [0.717, 1.165) is 29.2 Å². The molecule has 2 rings (SSSR count). The summed E-state index contributed by atoms with van der Waals surface area (Å²) in [5.74, 6) is 2.32. The van der Waals surface area contributed by atoms with Crippen molar-refractivity contribution in [1.29, 1.82) is 0 Å². The van der Waals surface area contributed by atoms with Gasteiger partial charge < -0.3 is 9.30 Å². The highest BCUT2D eigenvalue weighted by Crippen LogP contribution is 2.28. The first-order valence-electron chi connectivity index (χ1n) is 6.21. The number of aromatic nitrogens is 2.